The van der Waals surface area contributed by atoms with Crippen LogP contribution in [-0.4, -0.2) is 45.8 Å². The maximum absolute atomic E-state index is 5.44. The predicted octanol–water partition coefficient (Wildman–Crippen LogP) is 2.14. The molecule has 19 heavy (non-hydrogen) atoms. The Kier molecular flexibility index (Phi) is 7.30. The summed E-state index contributed by atoms with van der Waals surface area (Å²) in [7, 11) is 5.47. The molecule has 0 aliphatic heterocycles. The highest BCUT2D eigenvalue weighted by molar-refractivity contribution is 5.46. The Bertz CT molecular complexity index is 369. The van der Waals surface area contributed by atoms with Gasteiger partial charge in [0.2, 0.25) is 0 Å². The molecule has 0 bridgehead atoms. The van der Waals surface area contributed by atoms with E-state index in [9.17, 15) is 0 Å². The lowest BCUT2D eigenvalue weighted by Gasteiger charge is -2.19. The minimum atomic E-state index is 0.789. The van der Waals surface area contributed by atoms with Gasteiger partial charge in [0.25, 0.3) is 0 Å². The number of hydrogen-bond acceptors (Lipinski definition) is 4. The average molecular weight is 266 g/mol. The smallest absolute Gasteiger partial charge is 0.165 e. The van der Waals surface area contributed by atoms with E-state index in [0.29, 0.717) is 0 Å². The summed E-state index contributed by atoms with van der Waals surface area (Å²) in [6.45, 7) is 6.14. The Labute approximate surface area is 116 Å². The van der Waals surface area contributed by atoms with E-state index in [1.54, 1.807) is 14.2 Å². The quantitative estimate of drug-likeness (QED) is 0.694. The van der Waals surface area contributed by atoms with E-state index in [2.05, 4.69) is 30.3 Å². The number of benzene rings is 1. The van der Waals surface area contributed by atoms with Crippen LogP contribution in [0, 0.1) is 0 Å². The number of nitrogens with one attached hydrogen (secondary N) is 1. The first kappa shape index (κ1) is 15.8. The Morgan fingerprint density at radius 3 is 2.58 bits per heavy atom. The summed E-state index contributed by atoms with van der Waals surface area (Å²) in [5.41, 5.74) is 1.15. The number of methoxy groups -OCH3 is 2. The second-order valence-electron chi connectivity index (χ2n) is 4.64. The van der Waals surface area contributed by atoms with Gasteiger partial charge in [-0.1, -0.05) is 19.1 Å². The molecule has 4 nitrogen and oxygen atoms in total. The van der Waals surface area contributed by atoms with Gasteiger partial charge in [0.15, 0.2) is 11.5 Å². The molecule has 4 heteroatoms. The zero-order valence-corrected chi connectivity index (χ0v) is 12.5. The van der Waals surface area contributed by atoms with E-state index in [0.717, 1.165) is 43.2 Å². The second kappa shape index (κ2) is 8.77. The van der Waals surface area contributed by atoms with Gasteiger partial charge in [-0.25, -0.2) is 0 Å². The molecule has 108 valence electrons. The molecular formula is C15H26N2O2. The van der Waals surface area contributed by atoms with Gasteiger partial charge in [-0.05, 0) is 26.1 Å². The Balaban J connectivity index is 2.56. The lowest BCUT2D eigenvalue weighted by Crippen LogP contribution is -2.29. The van der Waals surface area contributed by atoms with Gasteiger partial charge >= 0.3 is 0 Å². The van der Waals surface area contributed by atoms with Crippen molar-refractivity contribution in [1.82, 2.24) is 10.2 Å². The molecule has 0 saturated heterocycles. The largest absolute Gasteiger partial charge is 0.493 e. The van der Waals surface area contributed by atoms with Gasteiger partial charge < -0.3 is 19.7 Å². The standard InChI is InChI=1S/C15H26N2O2/c1-5-9-16-10-11-17(2)12-13-7-6-8-14(18-3)15(13)19-4/h6-8,16H,5,9-12H2,1-4H3. The summed E-state index contributed by atoms with van der Waals surface area (Å²) in [4.78, 5) is 2.28. The van der Waals surface area contributed by atoms with Crippen molar-refractivity contribution in [2.75, 3.05) is 40.9 Å². The van der Waals surface area contributed by atoms with E-state index >= 15 is 0 Å². The Hall–Kier alpha value is -1.26. The molecule has 0 amide bonds. The van der Waals surface area contributed by atoms with Crippen LogP contribution in [0.1, 0.15) is 18.9 Å². The first-order valence-corrected chi connectivity index (χ1v) is 6.82. The highest BCUT2D eigenvalue weighted by Crippen LogP contribution is 2.31. The molecule has 0 atom stereocenters. The fraction of sp³-hybridized carbons (Fsp3) is 0.600. The lowest BCUT2D eigenvalue weighted by molar-refractivity contribution is 0.308. The van der Waals surface area contributed by atoms with Crippen molar-refractivity contribution >= 4 is 0 Å². The summed E-state index contributed by atoms with van der Waals surface area (Å²) in [6.07, 6.45) is 1.17. The average Bonchev–Trinajstić information content (AvgIpc) is 2.43. The topological polar surface area (TPSA) is 33.7 Å². The second-order valence-corrected chi connectivity index (χ2v) is 4.64. The van der Waals surface area contributed by atoms with Gasteiger partial charge in [0.1, 0.15) is 0 Å². The minimum absolute atomic E-state index is 0.789. The van der Waals surface area contributed by atoms with E-state index in [4.69, 9.17) is 9.47 Å². The van der Waals surface area contributed by atoms with E-state index in [1.165, 1.54) is 6.42 Å². The van der Waals surface area contributed by atoms with Gasteiger partial charge in [0, 0.05) is 25.2 Å². The van der Waals surface area contributed by atoms with Crippen LogP contribution in [0.5, 0.6) is 11.5 Å². The minimum Gasteiger partial charge on any atom is -0.493 e. The molecule has 0 spiro atoms. The molecular weight excluding hydrogens is 240 g/mol. The zero-order chi connectivity index (χ0) is 14.1. The van der Waals surface area contributed by atoms with E-state index in [-0.39, 0.29) is 0 Å². The first-order chi connectivity index (χ1) is 9.22. The van der Waals surface area contributed by atoms with Crippen molar-refractivity contribution < 1.29 is 9.47 Å². The number of para-hydroxylation sites is 1. The van der Waals surface area contributed by atoms with Crippen LogP contribution in [0.4, 0.5) is 0 Å². The third kappa shape index (κ3) is 5.09. The lowest BCUT2D eigenvalue weighted by atomic mass is 10.1. The van der Waals surface area contributed by atoms with Crippen LogP contribution >= 0.6 is 0 Å². The van der Waals surface area contributed by atoms with Crippen LogP contribution < -0.4 is 14.8 Å². The van der Waals surface area contributed by atoms with Crippen molar-refractivity contribution in [3.8, 4) is 11.5 Å². The normalized spacial score (nSPS) is 10.8. The van der Waals surface area contributed by atoms with Gasteiger partial charge in [0.05, 0.1) is 14.2 Å². The van der Waals surface area contributed by atoms with Crippen molar-refractivity contribution in [2.24, 2.45) is 0 Å². The molecule has 0 saturated carbocycles. The maximum atomic E-state index is 5.44. The van der Waals surface area contributed by atoms with Crippen LogP contribution in [-0.2, 0) is 6.54 Å². The molecule has 1 rings (SSSR count). The van der Waals surface area contributed by atoms with Gasteiger partial charge in [-0.15, -0.1) is 0 Å². The fourth-order valence-corrected chi connectivity index (χ4v) is 2.02. The third-order valence-corrected chi connectivity index (χ3v) is 3.02. The summed E-state index contributed by atoms with van der Waals surface area (Å²) < 4.78 is 10.8. The summed E-state index contributed by atoms with van der Waals surface area (Å²) in [5.74, 6) is 1.62. The van der Waals surface area contributed by atoms with E-state index in [1.807, 2.05) is 12.1 Å². The van der Waals surface area contributed by atoms with Crippen molar-refractivity contribution in [3.05, 3.63) is 23.8 Å². The third-order valence-electron chi connectivity index (χ3n) is 3.02. The molecule has 0 aliphatic carbocycles. The molecule has 0 unspecified atom stereocenters. The molecule has 0 fully saturated rings. The summed E-state index contributed by atoms with van der Waals surface area (Å²) in [6, 6.07) is 6.00. The fourth-order valence-electron chi connectivity index (χ4n) is 2.02. The van der Waals surface area contributed by atoms with Crippen LogP contribution in [0.15, 0.2) is 18.2 Å². The first-order valence-electron chi connectivity index (χ1n) is 6.82. The highest BCUT2D eigenvalue weighted by Gasteiger charge is 2.10. The number of nitrogens with zero attached hydrogens (tertiary/aromatic N) is 1. The van der Waals surface area contributed by atoms with Crippen molar-refractivity contribution in [3.63, 3.8) is 0 Å². The summed E-state index contributed by atoms with van der Waals surface area (Å²) >= 11 is 0. The SMILES string of the molecule is CCCNCCN(C)Cc1cccc(OC)c1OC. The van der Waals surface area contributed by atoms with Gasteiger partial charge in [-0.2, -0.15) is 0 Å². The molecule has 1 aromatic rings. The number of rotatable bonds is 9. The van der Waals surface area contributed by atoms with Crippen molar-refractivity contribution in [2.45, 2.75) is 19.9 Å². The van der Waals surface area contributed by atoms with E-state index < -0.39 is 0 Å². The zero-order valence-electron chi connectivity index (χ0n) is 12.5. The number of ether oxygens (including phenoxy) is 2. The van der Waals surface area contributed by atoms with Crippen LogP contribution in [0.3, 0.4) is 0 Å². The number of hydrogen-bond donors (Lipinski definition) is 1. The van der Waals surface area contributed by atoms with Crippen LogP contribution in [0.2, 0.25) is 0 Å². The monoisotopic (exact) mass is 266 g/mol. The molecule has 0 heterocycles. The van der Waals surface area contributed by atoms with Crippen LogP contribution in [0.25, 0.3) is 0 Å². The number of likely N-dealkylation sites (N-methyl/N-ethyl adjacent to an activating group) is 1. The Morgan fingerprint density at radius 2 is 1.95 bits per heavy atom. The Morgan fingerprint density at radius 1 is 1.16 bits per heavy atom. The molecule has 1 aromatic carbocycles. The molecule has 0 radical (unpaired) electrons. The summed E-state index contributed by atoms with van der Waals surface area (Å²) in [5, 5.41) is 3.41. The van der Waals surface area contributed by atoms with Crippen molar-refractivity contribution in [1.29, 1.82) is 0 Å². The molecule has 0 aliphatic rings. The highest BCUT2D eigenvalue weighted by atomic mass is 16.5. The van der Waals surface area contributed by atoms with Gasteiger partial charge in [-0.3, -0.25) is 0 Å². The molecule has 1 N–H and O–H groups in total. The molecule has 0 aromatic heterocycles. The predicted molar refractivity (Wildman–Crippen MR) is 79.0 cm³/mol. The maximum Gasteiger partial charge on any atom is 0.165 e.